The highest BCUT2D eigenvalue weighted by Gasteiger charge is 2.42. The van der Waals surface area contributed by atoms with Crippen LogP contribution in [0.1, 0.15) is 80.1 Å². The van der Waals surface area contributed by atoms with Gasteiger partial charge in [0.25, 0.3) is 11.4 Å². The molecule has 12 nitrogen and oxygen atoms in total. The molecule has 0 spiro atoms. The first-order valence-corrected chi connectivity index (χ1v) is 16.2. The second-order valence-electron chi connectivity index (χ2n) is 15.5. The Morgan fingerprint density at radius 1 is 0.529 bits per heavy atom. The summed E-state index contributed by atoms with van der Waals surface area (Å²) in [6.45, 7) is 36.2. The highest BCUT2D eigenvalue weighted by molar-refractivity contribution is 5.58. The van der Waals surface area contributed by atoms with E-state index in [4.69, 9.17) is 19.7 Å². The first-order chi connectivity index (χ1) is 24.1. The van der Waals surface area contributed by atoms with Crippen LogP contribution < -0.4 is 0 Å². The lowest BCUT2D eigenvalue weighted by atomic mass is 9.72. The Morgan fingerprint density at radius 3 is 1.29 bits per heavy atom. The summed E-state index contributed by atoms with van der Waals surface area (Å²) >= 11 is 0. The van der Waals surface area contributed by atoms with Gasteiger partial charge in [0, 0.05) is 22.7 Å². The van der Waals surface area contributed by atoms with Crippen molar-refractivity contribution in [2.45, 2.75) is 80.1 Å². The van der Waals surface area contributed by atoms with Gasteiger partial charge < -0.3 is 14.7 Å². The summed E-state index contributed by atoms with van der Waals surface area (Å²) in [4.78, 5) is 16.7. The van der Waals surface area contributed by atoms with E-state index in [0.29, 0.717) is 72.3 Å². The van der Waals surface area contributed by atoms with Crippen LogP contribution in [-0.2, 0) is 0 Å². The number of hydrogen-bond acceptors (Lipinski definition) is 9. The van der Waals surface area contributed by atoms with Crippen LogP contribution in [0.2, 0.25) is 0 Å². The number of hydrogen-bond donors (Lipinski definition) is 0. The molecule has 12 heteroatoms. The largest absolute Gasteiger partial charge is 0.349 e. The first kappa shape index (κ1) is 37.1. The number of nitriles is 6. The van der Waals surface area contributed by atoms with Crippen LogP contribution in [0.5, 0.6) is 0 Å². The molecule has 1 saturated heterocycles. The zero-order valence-electron chi connectivity index (χ0n) is 29.7. The molecule has 3 aliphatic carbocycles. The molecule has 252 valence electrons. The fourth-order valence-electron chi connectivity index (χ4n) is 7.58. The molecular weight excluding hydrogens is 637 g/mol. The Bertz CT molecular complexity index is 1870. The quantitative estimate of drug-likeness (QED) is 0.216. The van der Waals surface area contributed by atoms with Crippen molar-refractivity contribution in [1.82, 2.24) is 14.7 Å². The molecule has 1 fully saturated rings. The maximum Gasteiger partial charge on any atom is 0.266 e. The summed E-state index contributed by atoms with van der Waals surface area (Å²) in [6, 6.07) is 12.4. The van der Waals surface area contributed by atoms with E-state index in [1.807, 2.05) is 80.5 Å². The fourth-order valence-corrected chi connectivity index (χ4v) is 7.58. The van der Waals surface area contributed by atoms with E-state index in [1.165, 1.54) is 0 Å². The van der Waals surface area contributed by atoms with E-state index in [2.05, 4.69) is 26.7 Å². The fraction of sp³-hybridized carbons (Fsp3) is 0.462. The zero-order chi connectivity index (χ0) is 37.9. The summed E-state index contributed by atoms with van der Waals surface area (Å²) < 4.78 is 0. The predicted molar refractivity (Wildman–Crippen MR) is 185 cm³/mol. The molecular formula is C39H36N12. The lowest BCUT2D eigenvalue weighted by Crippen LogP contribution is -2.55. The van der Waals surface area contributed by atoms with Gasteiger partial charge in [-0.2, -0.15) is 21.0 Å². The SMILES string of the molecule is [C-]#[N+]C1=C(N2CN(C3=C(C#N)C(=C(C#N)C#N)CC(C)(C)C3)CN(C3=C(C#N)/C(=C(\C#N)[N+]#[C-])CC(C)(C)C3)C2)CC(C)(C)C/C1=C(\C#N)[N+]#[C-]. The molecule has 0 bridgehead atoms. The molecule has 0 unspecified atom stereocenters. The molecule has 0 aromatic rings. The molecule has 0 saturated carbocycles. The van der Waals surface area contributed by atoms with Gasteiger partial charge >= 0.3 is 0 Å². The molecule has 0 radical (unpaired) electrons. The van der Waals surface area contributed by atoms with Crippen molar-refractivity contribution in [1.29, 1.82) is 31.6 Å². The molecule has 0 N–H and O–H groups in total. The molecule has 0 aromatic heterocycles. The van der Waals surface area contributed by atoms with Crippen molar-refractivity contribution in [3.63, 3.8) is 0 Å². The lowest BCUT2D eigenvalue weighted by Gasteiger charge is -2.52. The summed E-state index contributed by atoms with van der Waals surface area (Å²) in [5, 5.41) is 60.5. The van der Waals surface area contributed by atoms with E-state index < -0.39 is 16.2 Å². The van der Waals surface area contributed by atoms with E-state index in [0.717, 1.165) is 0 Å². The Labute approximate surface area is 300 Å². The minimum atomic E-state index is -0.435. The standard InChI is InChI=1S/C39H36N12/c1-37(2)10-26(25(16-40)17-41)29(18-42)33(13-37)49-22-50(34-14-38(3,4)11-27(30(34)19-43)31(20-44)46-7)24-51(23-49)35-15-39(5,6)12-28(36(35)48-9)32(21-45)47-8/h10-15,22-24H2,1-6H3/b31-27+,32-28-. The van der Waals surface area contributed by atoms with Crippen LogP contribution >= 0.6 is 0 Å². The zero-order valence-corrected chi connectivity index (χ0v) is 29.7. The topological polar surface area (TPSA) is 166 Å². The summed E-state index contributed by atoms with van der Waals surface area (Å²) in [5.74, 6) is 0. The normalized spacial score (nSPS) is 22.8. The number of rotatable bonds is 3. The van der Waals surface area contributed by atoms with E-state index >= 15 is 0 Å². The second-order valence-corrected chi connectivity index (χ2v) is 15.5. The van der Waals surface area contributed by atoms with Crippen molar-refractivity contribution in [2.75, 3.05) is 20.0 Å². The van der Waals surface area contributed by atoms with Gasteiger partial charge in [-0.25, -0.2) is 25.1 Å². The minimum Gasteiger partial charge on any atom is -0.349 e. The predicted octanol–water partition coefficient (Wildman–Crippen LogP) is 7.66. The maximum absolute atomic E-state index is 10.6. The minimum absolute atomic E-state index is 0.131. The van der Waals surface area contributed by atoms with E-state index in [9.17, 15) is 31.6 Å². The van der Waals surface area contributed by atoms with Crippen molar-refractivity contribution < 1.29 is 0 Å². The molecule has 0 atom stereocenters. The van der Waals surface area contributed by atoms with Gasteiger partial charge in [0.15, 0.2) is 5.70 Å². The summed E-state index contributed by atoms with van der Waals surface area (Å²) in [7, 11) is 0. The Kier molecular flexibility index (Phi) is 10.2. The molecule has 4 rings (SSSR count). The molecule has 0 amide bonds. The molecule has 4 aliphatic rings. The third-order valence-electron chi connectivity index (χ3n) is 9.68. The van der Waals surface area contributed by atoms with Gasteiger partial charge in [0.05, 0.1) is 69.1 Å². The Hall–Kier alpha value is -6.75. The van der Waals surface area contributed by atoms with Gasteiger partial charge in [-0.1, -0.05) is 41.5 Å². The highest BCUT2D eigenvalue weighted by atomic mass is 15.5. The van der Waals surface area contributed by atoms with Crippen LogP contribution in [0.3, 0.4) is 0 Å². The van der Waals surface area contributed by atoms with E-state index in [-0.39, 0.29) is 53.8 Å². The van der Waals surface area contributed by atoms with Crippen molar-refractivity contribution in [2.24, 2.45) is 16.2 Å². The summed E-state index contributed by atoms with van der Waals surface area (Å²) in [6.07, 6.45) is 2.37. The molecule has 1 aliphatic heterocycles. The second kappa shape index (κ2) is 14.0. The number of nitrogens with zero attached hydrogens (tertiary/aromatic N) is 12. The molecule has 51 heavy (non-hydrogen) atoms. The van der Waals surface area contributed by atoms with Crippen LogP contribution in [0, 0.1) is 104 Å². The Balaban J connectivity index is 2.09. The van der Waals surface area contributed by atoms with Crippen LogP contribution in [0.4, 0.5) is 0 Å². The molecule has 0 aromatic carbocycles. The maximum atomic E-state index is 10.6. The highest BCUT2D eigenvalue weighted by Crippen LogP contribution is 2.49. The summed E-state index contributed by atoms with van der Waals surface area (Å²) in [5.41, 5.74) is 1.95. The number of allylic oxidation sites excluding steroid dienone is 11. The van der Waals surface area contributed by atoms with Gasteiger partial charge in [-0.05, 0) is 65.9 Å². The average Bonchev–Trinajstić information content (AvgIpc) is 3.08. The van der Waals surface area contributed by atoms with Gasteiger partial charge in [0.2, 0.25) is 0 Å². The average molecular weight is 673 g/mol. The molecule has 1 heterocycles. The Morgan fingerprint density at radius 2 is 0.902 bits per heavy atom. The van der Waals surface area contributed by atoms with E-state index in [1.54, 1.807) is 0 Å². The van der Waals surface area contributed by atoms with Gasteiger partial charge in [0.1, 0.15) is 23.8 Å². The third-order valence-corrected chi connectivity index (χ3v) is 9.68. The smallest absolute Gasteiger partial charge is 0.266 e. The van der Waals surface area contributed by atoms with Crippen LogP contribution in [0.25, 0.3) is 14.5 Å². The third kappa shape index (κ3) is 7.18. The van der Waals surface area contributed by atoms with Gasteiger partial charge in [-0.15, -0.1) is 0 Å². The van der Waals surface area contributed by atoms with Crippen molar-refractivity contribution >= 4 is 0 Å². The first-order valence-electron chi connectivity index (χ1n) is 16.2. The van der Waals surface area contributed by atoms with Crippen LogP contribution in [0.15, 0.2) is 67.6 Å². The van der Waals surface area contributed by atoms with Crippen molar-refractivity contribution in [3.05, 3.63) is 102 Å². The van der Waals surface area contributed by atoms with Crippen molar-refractivity contribution in [3.8, 4) is 36.4 Å². The van der Waals surface area contributed by atoms with Gasteiger partial charge in [-0.3, -0.25) is 0 Å². The monoisotopic (exact) mass is 672 g/mol. The van der Waals surface area contributed by atoms with Crippen LogP contribution in [-0.4, -0.2) is 34.7 Å². The lowest BCUT2D eigenvalue weighted by molar-refractivity contribution is 0.00995.